The predicted molar refractivity (Wildman–Crippen MR) is 132 cm³/mol. The van der Waals surface area contributed by atoms with Crippen molar-refractivity contribution >= 4 is 29.4 Å². The zero-order chi connectivity index (χ0) is 28.0. The molecule has 0 aliphatic carbocycles. The summed E-state index contributed by atoms with van der Waals surface area (Å²) in [7, 11) is 1.17. The molecule has 3 amide bonds. The SMILES string of the molecule is COC(=O)N1C=C(c2ccccc2)N(CC(=O)N[C@@H](Cc2ccccc2)C(=O)C(F)(F)F)C(=O)[C@@H]1C(C)C. The summed E-state index contributed by atoms with van der Waals surface area (Å²) in [6.45, 7) is 2.74. The minimum absolute atomic E-state index is 0.176. The van der Waals surface area contributed by atoms with Crippen molar-refractivity contribution in [3.63, 3.8) is 0 Å². The Morgan fingerprint density at radius 3 is 2.11 bits per heavy atom. The molecule has 38 heavy (non-hydrogen) atoms. The topological polar surface area (TPSA) is 96.0 Å². The molecule has 1 aliphatic heterocycles. The van der Waals surface area contributed by atoms with Gasteiger partial charge in [0.05, 0.1) is 12.8 Å². The predicted octanol–water partition coefficient (Wildman–Crippen LogP) is 3.78. The van der Waals surface area contributed by atoms with Crippen molar-refractivity contribution in [1.82, 2.24) is 15.1 Å². The molecule has 0 saturated carbocycles. The first kappa shape index (κ1) is 28.4. The van der Waals surface area contributed by atoms with Crippen LogP contribution in [-0.2, 0) is 25.5 Å². The minimum atomic E-state index is -5.17. The van der Waals surface area contributed by atoms with Crippen LogP contribution in [-0.4, -0.2) is 65.4 Å². The maximum atomic E-state index is 13.6. The number of ketones is 1. The highest BCUT2D eigenvalue weighted by Crippen LogP contribution is 2.30. The second-order valence-electron chi connectivity index (χ2n) is 9.04. The molecule has 0 aromatic heterocycles. The van der Waals surface area contributed by atoms with Gasteiger partial charge in [-0.15, -0.1) is 0 Å². The molecule has 202 valence electrons. The number of halogens is 3. The van der Waals surface area contributed by atoms with Crippen molar-refractivity contribution in [3.05, 3.63) is 78.0 Å². The van der Waals surface area contributed by atoms with Crippen molar-refractivity contribution < 1.29 is 37.1 Å². The van der Waals surface area contributed by atoms with Gasteiger partial charge in [0.1, 0.15) is 18.6 Å². The van der Waals surface area contributed by atoms with Crippen LogP contribution in [0.2, 0.25) is 0 Å². The number of hydrogen-bond acceptors (Lipinski definition) is 5. The van der Waals surface area contributed by atoms with E-state index in [-0.39, 0.29) is 12.1 Å². The molecule has 0 unspecified atom stereocenters. The van der Waals surface area contributed by atoms with E-state index < -0.39 is 54.4 Å². The maximum absolute atomic E-state index is 13.6. The Morgan fingerprint density at radius 1 is 1.00 bits per heavy atom. The van der Waals surface area contributed by atoms with Crippen LogP contribution >= 0.6 is 0 Å². The number of benzene rings is 2. The van der Waals surface area contributed by atoms with Crippen molar-refractivity contribution in [2.45, 2.75) is 38.5 Å². The summed E-state index contributed by atoms with van der Waals surface area (Å²) in [5.41, 5.74) is 1.08. The molecule has 0 radical (unpaired) electrons. The maximum Gasteiger partial charge on any atom is 0.452 e. The number of Topliss-reactive ketones (excluding diaryl/α,β-unsaturated/α-hetero) is 1. The first-order valence-corrected chi connectivity index (χ1v) is 11.8. The van der Waals surface area contributed by atoms with Gasteiger partial charge in [-0.05, 0) is 17.0 Å². The third kappa shape index (κ3) is 6.58. The lowest BCUT2D eigenvalue weighted by atomic mass is 9.97. The van der Waals surface area contributed by atoms with Gasteiger partial charge < -0.3 is 10.1 Å². The molecule has 3 rings (SSSR count). The lowest BCUT2D eigenvalue weighted by Gasteiger charge is -2.40. The van der Waals surface area contributed by atoms with Crippen LogP contribution < -0.4 is 5.32 Å². The van der Waals surface area contributed by atoms with Crippen LogP contribution in [0.5, 0.6) is 0 Å². The summed E-state index contributed by atoms with van der Waals surface area (Å²) < 4.78 is 44.8. The van der Waals surface area contributed by atoms with Gasteiger partial charge in [0.15, 0.2) is 0 Å². The first-order valence-electron chi connectivity index (χ1n) is 11.8. The number of methoxy groups -OCH3 is 1. The fourth-order valence-electron chi connectivity index (χ4n) is 4.20. The summed E-state index contributed by atoms with van der Waals surface area (Å²) in [4.78, 5) is 53.5. The van der Waals surface area contributed by atoms with E-state index in [4.69, 9.17) is 4.74 Å². The quantitative estimate of drug-likeness (QED) is 0.560. The van der Waals surface area contributed by atoms with Gasteiger partial charge in [0.2, 0.25) is 5.91 Å². The van der Waals surface area contributed by atoms with E-state index >= 15 is 0 Å². The highest BCUT2D eigenvalue weighted by Gasteiger charge is 2.45. The normalized spacial score (nSPS) is 16.7. The second kappa shape index (κ2) is 11.9. The first-order chi connectivity index (χ1) is 17.9. The summed E-state index contributed by atoms with van der Waals surface area (Å²) in [5, 5.41) is 2.17. The van der Waals surface area contributed by atoms with Gasteiger partial charge in [-0.25, -0.2) is 4.79 Å². The van der Waals surface area contributed by atoms with Gasteiger partial charge in [0, 0.05) is 12.6 Å². The number of nitrogens with one attached hydrogen (secondary N) is 1. The smallest absolute Gasteiger partial charge is 0.452 e. The average Bonchev–Trinajstić information content (AvgIpc) is 2.88. The fraction of sp³-hybridized carbons (Fsp3) is 0.333. The third-order valence-electron chi connectivity index (χ3n) is 5.97. The van der Waals surface area contributed by atoms with Gasteiger partial charge in [-0.1, -0.05) is 74.5 Å². The average molecular weight is 532 g/mol. The largest absolute Gasteiger partial charge is 0.452 e. The number of ether oxygens (including phenoxy) is 1. The Kier molecular flexibility index (Phi) is 8.92. The molecule has 11 heteroatoms. The van der Waals surface area contributed by atoms with E-state index in [1.165, 1.54) is 13.3 Å². The van der Waals surface area contributed by atoms with E-state index in [0.29, 0.717) is 11.1 Å². The molecule has 1 heterocycles. The standard InChI is InChI=1S/C27H28F3N3O5/c1-17(2)23-25(36)32(21(15-33(23)26(37)38-3)19-12-8-5-9-13-19)16-22(34)31-20(24(35)27(28,29)30)14-18-10-6-4-7-11-18/h4-13,15,17,20,23H,14,16H2,1-3H3,(H,31,34)/t20-,23-/m0/s1. The Labute approximate surface area is 218 Å². The van der Waals surface area contributed by atoms with Crippen LogP contribution in [0.15, 0.2) is 66.9 Å². The molecular formula is C27H28F3N3O5. The van der Waals surface area contributed by atoms with Crippen molar-refractivity contribution in [3.8, 4) is 0 Å². The van der Waals surface area contributed by atoms with Gasteiger partial charge >= 0.3 is 12.3 Å². The van der Waals surface area contributed by atoms with E-state index in [0.717, 1.165) is 9.80 Å². The molecule has 1 N–H and O–H groups in total. The molecule has 0 spiro atoms. The lowest BCUT2D eigenvalue weighted by molar-refractivity contribution is -0.173. The van der Waals surface area contributed by atoms with E-state index in [2.05, 4.69) is 5.32 Å². The molecule has 0 bridgehead atoms. The minimum Gasteiger partial charge on any atom is -0.452 e. The fourth-order valence-corrected chi connectivity index (χ4v) is 4.20. The van der Waals surface area contributed by atoms with Gasteiger partial charge in [-0.2, -0.15) is 13.2 Å². The molecule has 0 saturated heterocycles. The molecule has 2 atom stereocenters. The molecule has 8 nitrogen and oxygen atoms in total. The number of nitrogens with zero attached hydrogens (tertiary/aromatic N) is 2. The number of carbonyl (C=O) groups is 4. The zero-order valence-corrected chi connectivity index (χ0v) is 21.1. The molecular weight excluding hydrogens is 503 g/mol. The van der Waals surface area contributed by atoms with Crippen molar-refractivity contribution in [2.75, 3.05) is 13.7 Å². The molecule has 2 aromatic carbocycles. The van der Waals surface area contributed by atoms with Crippen LogP contribution in [0.1, 0.15) is 25.0 Å². The molecule has 0 fully saturated rings. The van der Waals surface area contributed by atoms with Crippen molar-refractivity contribution in [1.29, 1.82) is 0 Å². The van der Waals surface area contributed by atoms with Crippen LogP contribution in [0.4, 0.5) is 18.0 Å². The Bertz CT molecular complexity index is 1200. The van der Waals surface area contributed by atoms with Crippen molar-refractivity contribution in [2.24, 2.45) is 5.92 Å². The van der Waals surface area contributed by atoms with Gasteiger partial charge in [0.25, 0.3) is 11.7 Å². The summed E-state index contributed by atoms with van der Waals surface area (Å²) in [6, 6.07) is 13.5. The van der Waals surface area contributed by atoms with Crippen LogP contribution in [0, 0.1) is 5.92 Å². The Morgan fingerprint density at radius 2 is 1.58 bits per heavy atom. The van der Waals surface area contributed by atoms with Crippen LogP contribution in [0.25, 0.3) is 5.70 Å². The van der Waals surface area contributed by atoms with E-state index in [1.54, 1.807) is 74.5 Å². The molecule has 2 aromatic rings. The summed E-state index contributed by atoms with van der Waals surface area (Å²) in [5.74, 6) is -4.08. The Hall–Kier alpha value is -4.15. The number of hydrogen-bond donors (Lipinski definition) is 1. The summed E-state index contributed by atoms with van der Waals surface area (Å²) >= 11 is 0. The second-order valence-corrected chi connectivity index (χ2v) is 9.04. The lowest BCUT2D eigenvalue weighted by Crippen LogP contribution is -2.57. The third-order valence-corrected chi connectivity index (χ3v) is 5.97. The monoisotopic (exact) mass is 531 g/mol. The van der Waals surface area contributed by atoms with Gasteiger partial charge in [-0.3, -0.25) is 24.2 Å². The van der Waals surface area contributed by atoms with E-state index in [1.807, 2.05) is 0 Å². The number of rotatable bonds is 8. The van der Waals surface area contributed by atoms with E-state index in [9.17, 15) is 32.3 Å². The highest BCUT2D eigenvalue weighted by molar-refractivity contribution is 6.00. The number of alkyl halides is 3. The Balaban J connectivity index is 1.95. The van der Waals surface area contributed by atoms with Crippen LogP contribution in [0.3, 0.4) is 0 Å². The number of carbonyl (C=O) groups excluding carboxylic acids is 4. The number of amides is 3. The zero-order valence-electron chi connectivity index (χ0n) is 21.1. The molecule has 1 aliphatic rings. The highest BCUT2D eigenvalue weighted by atomic mass is 19.4. The summed E-state index contributed by atoms with van der Waals surface area (Å²) in [6.07, 6.45) is -4.96.